The molecule has 1 aliphatic rings. The van der Waals surface area contributed by atoms with Gasteiger partial charge in [-0.05, 0) is 42.2 Å². The fourth-order valence-corrected chi connectivity index (χ4v) is 3.44. The lowest BCUT2D eigenvalue weighted by molar-refractivity contribution is -0.132. The van der Waals surface area contributed by atoms with Crippen molar-refractivity contribution >= 4 is 11.8 Å². The van der Waals surface area contributed by atoms with Gasteiger partial charge >= 0.3 is 0 Å². The van der Waals surface area contributed by atoms with Gasteiger partial charge in [-0.15, -0.1) is 0 Å². The molecule has 1 saturated heterocycles. The largest absolute Gasteiger partial charge is 0.351 e. The van der Waals surface area contributed by atoms with Crippen molar-refractivity contribution in [1.29, 1.82) is 0 Å². The minimum absolute atomic E-state index is 0.0920. The normalized spacial score (nSPS) is 14.7. The number of carbonyl (C=O) groups excluding carboxylic acids is 2. The number of benzene rings is 2. The number of piperazine rings is 1. The average Bonchev–Trinajstić information content (AvgIpc) is 2.71. The standard InChI is InChI=1S/C23H28FN3O2/c1-17-5-3-4-6-20(17)14-23(29)27-11-9-26(10-12-27)16-22(28)25-15-19-8-7-18(2)21(24)13-19/h3-8,13H,9-12,14-16H2,1-2H3,(H,25,28). The summed E-state index contributed by atoms with van der Waals surface area (Å²) in [6, 6.07) is 12.9. The number of nitrogens with one attached hydrogen (secondary N) is 1. The predicted molar refractivity (Wildman–Crippen MR) is 111 cm³/mol. The topological polar surface area (TPSA) is 52.7 Å². The van der Waals surface area contributed by atoms with Crippen molar-refractivity contribution in [2.75, 3.05) is 32.7 Å². The highest BCUT2D eigenvalue weighted by Crippen LogP contribution is 2.11. The van der Waals surface area contributed by atoms with Gasteiger partial charge in [-0.25, -0.2) is 4.39 Å². The number of rotatable bonds is 6. The maximum Gasteiger partial charge on any atom is 0.234 e. The van der Waals surface area contributed by atoms with E-state index < -0.39 is 0 Å². The second kappa shape index (κ2) is 9.65. The molecule has 2 amide bonds. The zero-order chi connectivity index (χ0) is 20.8. The lowest BCUT2D eigenvalue weighted by atomic mass is 10.1. The number of nitrogens with zero attached hydrogens (tertiary/aromatic N) is 2. The molecule has 3 rings (SSSR count). The van der Waals surface area contributed by atoms with Gasteiger partial charge in [-0.1, -0.05) is 36.4 Å². The number of amides is 2. The summed E-state index contributed by atoms with van der Waals surface area (Å²) in [5, 5.41) is 2.84. The highest BCUT2D eigenvalue weighted by atomic mass is 19.1. The monoisotopic (exact) mass is 397 g/mol. The third kappa shape index (κ3) is 5.87. The fourth-order valence-electron chi connectivity index (χ4n) is 3.44. The summed E-state index contributed by atoms with van der Waals surface area (Å²) >= 11 is 0. The van der Waals surface area contributed by atoms with Gasteiger partial charge in [0, 0.05) is 32.7 Å². The zero-order valence-electron chi connectivity index (χ0n) is 17.1. The number of hydrogen-bond donors (Lipinski definition) is 1. The van der Waals surface area contributed by atoms with Crippen LogP contribution in [0.4, 0.5) is 4.39 Å². The Morgan fingerprint density at radius 3 is 2.41 bits per heavy atom. The highest BCUT2D eigenvalue weighted by Gasteiger charge is 2.22. The van der Waals surface area contributed by atoms with Gasteiger partial charge < -0.3 is 10.2 Å². The van der Waals surface area contributed by atoms with E-state index in [-0.39, 0.29) is 24.2 Å². The van der Waals surface area contributed by atoms with Crippen LogP contribution < -0.4 is 5.32 Å². The van der Waals surface area contributed by atoms with E-state index in [1.165, 1.54) is 6.07 Å². The van der Waals surface area contributed by atoms with Gasteiger partial charge in [0.2, 0.25) is 11.8 Å². The van der Waals surface area contributed by atoms with Crippen molar-refractivity contribution in [1.82, 2.24) is 15.1 Å². The summed E-state index contributed by atoms with van der Waals surface area (Å²) in [5.41, 5.74) is 3.53. The third-order valence-electron chi connectivity index (χ3n) is 5.42. The predicted octanol–water partition coefficient (Wildman–Crippen LogP) is 2.45. The maximum atomic E-state index is 13.6. The van der Waals surface area contributed by atoms with Gasteiger partial charge in [-0.2, -0.15) is 0 Å². The van der Waals surface area contributed by atoms with Crippen molar-refractivity contribution < 1.29 is 14.0 Å². The number of carbonyl (C=O) groups is 2. The van der Waals surface area contributed by atoms with E-state index in [4.69, 9.17) is 0 Å². The molecule has 0 bridgehead atoms. The van der Waals surface area contributed by atoms with E-state index in [2.05, 4.69) is 5.32 Å². The minimum Gasteiger partial charge on any atom is -0.351 e. The molecule has 29 heavy (non-hydrogen) atoms. The van der Waals surface area contributed by atoms with Gasteiger partial charge in [-0.3, -0.25) is 14.5 Å². The van der Waals surface area contributed by atoms with Crippen molar-refractivity contribution in [3.8, 4) is 0 Å². The van der Waals surface area contributed by atoms with Crippen LogP contribution in [0.3, 0.4) is 0 Å². The molecule has 6 heteroatoms. The van der Waals surface area contributed by atoms with E-state index in [1.807, 2.05) is 47.1 Å². The lowest BCUT2D eigenvalue weighted by Crippen LogP contribution is -2.51. The van der Waals surface area contributed by atoms with Crippen molar-refractivity contribution in [3.63, 3.8) is 0 Å². The summed E-state index contributed by atoms with van der Waals surface area (Å²) in [6.45, 7) is 6.92. The van der Waals surface area contributed by atoms with Crippen LogP contribution in [0, 0.1) is 19.7 Å². The van der Waals surface area contributed by atoms with E-state index >= 15 is 0 Å². The molecular formula is C23H28FN3O2. The minimum atomic E-state index is -0.261. The number of aryl methyl sites for hydroxylation is 2. The number of hydrogen-bond acceptors (Lipinski definition) is 3. The van der Waals surface area contributed by atoms with Crippen molar-refractivity contribution in [2.45, 2.75) is 26.8 Å². The maximum absolute atomic E-state index is 13.6. The molecule has 0 saturated carbocycles. The van der Waals surface area contributed by atoms with Gasteiger partial charge in [0.1, 0.15) is 5.82 Å². The van der Waals surface area contributed by atoms with Crippen LogP contribution in [0.2, 0.25) is 0 Å². The molecular weight excluding hydrogens is 369 g/mol. The lowest BCUT2D eigenvalue weighted by Gasteiger charge is -2.34. The zero-order valence-corrected chi connectivity index (χ0v) is 17.1. The Balaban J connectivity index is 1.41. The summed E-state index contributed by atoms with van der Waals surface area (Å²) in [4.78, 5) is 28.7. The third-order valence-corrected chi connectivity index (χ3v) is 5.42. The van der Waals surface area contributed by atoms with E-state index in [9.17, 15) is 14.0 Å². The molecule has 1 aliphatic heterocycles. The van der Waals surface area contributed by atoms with Gasteiger partial charge in [0.15, 0.2) is 0 Å². The molecule has 1 N–H and O–H groups in total. The first kappa shape index (κ1) is 21.0. The average molecular weight is 397 g/mol. The van der Waals surface area contributed by atoms with Crippen LogP contribution >= 0.6 is 0 Å². The summed E-state index contributed by atoms with van der Waals surface area (Å²) in [7, 11) is 0. The molecule has 1 heterocycles. The van der Waals surface area contributed by atoms with E-state index in [1.54, 1.807) is 13.0 Å². The van der Waals surface area contributed by atoms with Crippen LogP contribution in [0.5, 0.6) is 0 Å². The Labute approximate surface area is 171 Å². The molecule has 0 aromatic heterocycles. The Hall–Kier alpha value is -2.73. The quantitative estimate of drug-likeness (QED) is 0.815. The molecule has 2 aromatic carbocycles. The molecule has 5 nitrogen and oxygen atoms in total. The Bertz CT molecular complexity index is 876. The Morgan fingerprint density at radius 1 is 1.00 bits per heavy atom. The Kier molecular flexibility index (Phi) is 6.99. The van der Waals surface area contributed by atoms with Crippen LogP contribution in [0.15, 0.2) is 42.5 Å². The first-order valence-electron chi connectivity index (χ1n) is 9.99. The highest BCUT2D eigenvalue weighted by molar-refractivity contribution is 5.79. The van der Waals surface area contributed by atoms with Crippen LogP contribution in [0.1, 0.15) is 22.3 Å². The number of halogens is 1. The Morgan fingerprint density at radius 2 is 1.72 bits per heavy atom. The summed E-state index contributed by atoms with van der Waals surface area (Å²) in [6.07, 6.45) is 0.417. The van der Waals surface area contributed by atoms with E-state index in [0.717, 1.165) is 16.7 Å². The summed E-state index contributed by atoms with van der Waals surface area (Å²) in [5.74, 6) is -0.223. The first-order chi connectivity index (χ1) is 13.9. The first-order valence-corrected chi connectivity index (χ1v) is 9.99. The second-order valence-corrected chi connectivity index (χ2v) is 7.62. The molecule has 0 unspecified atom stereocenters. The van der Waals surface area contributed by atoms with Gasteiger partial charge in [0.25, 0.3) is 0 Å². The van der Waals surface area contributed by atoms with E-state index in [0.29, 0.717) is 44.7 Å². The van der Waals surface area contributed by atoms with Crippen molar-refractivity contribution in [3.05, 3.63) is 70.5 Å². The van der Waals surface area contributed by atoms with Crippen molar-refractivity contribution in [2.24, 2.45) is 0 Å². The molecule has 154 valence electrons. The molecule has 0 spiro atoms. The molecule has 1 fully saturated rings. The molecule has 0 aliphatic carbocycles. The molecule has 0 atom stereocenters. The van der Waals surface area contributed by atoms with Crippen LogP contribution in [-0.4, -0.2) is 54.3 Å². The second-order valence-electron chi connectivity index (χ2n) is 7.62. The van der Waals surface area contributed by atoms with Gasteiger partial charge in [0.05, 0.1) is 13.0 Å². The van der Waals surface area contributed by atoms with Crippen LogP contribution in [0.25, 0.3) is 0 Å². The molecule has 2 aromatic rings. The smallest absolute Gasteiger partial charge is 0.234 e. The fraction of sp³-hybridized carbons (Fsp3) is 0.391. The summed E-state index contributed by atoms with van der Waals surface area (Å²) < 4.78 is 13.6. The molecule has 0 radical (unpaired) electrons. The SMILES string of the molecule is Cc1ccc(CNC(=O)CN2CCN(C(=O)Cc3ccccc3C)CC2)cc1F. The van der Waals surface area contributed by atoms with Crippen LogP contribution in [-0.2, 0) is 22.6 Å².